The topological polar surface area (TPSA) is 62.5 Å². The molecule has 0 fully saturated rings. The molecule has 0 radical (unpaired) electrons. The fourth-order valence-corrected chi connectivity index (χ4v) is 2.52. The highest BCUT2D eigenvalue weighted by Gasteiger charge is 2.18. The molecule has 1 aromatic carbocycles. The summed E-state index contributed by atoms with van der Waals surface area (Å²) in [6, 6.07) is 3.70. The number of aromatic nitrogens is 1. The summed E-state index contributed by atoms with van der Waals surface area (Å²) >= 11 is 0. The Morgan fingerprint density at radius 3 is 2.58 bits per heavy atom. The molecule has 0 aliphatic carbocycles. The molecule has 0 aliphatic rings. The van der Waals surface area contributed by atoms with Gasteiger partial charge in [0.1, 0.15) is 0 Å². The number of hydrogen-bond donors (Lipinski definition) is 2. The maximum atomic E-state index is 11.4. The van der Waals surface area contributed by atoms with Crippen LogP contribution in [0.4, 0.5) is 0 Å². The number of aryl methyl sites for hydroxylation is 1. The largest absolute Gasteiger partial charge is 0.478 e. The summed E-state index contributed by atoms with van der Waals surface area (Å²) in [5, 5.41) is 19.5. The van der Waals surface area contributed by atoms with Crippen LogP contribution in [0.25, 0.3) is 10.9 Å². The van der Waals surface area contributed by atoms with Crippen molar-refractivity contribution >= 4 is 16.9 Å². The molecule has 4 heteroatoms. The van der Waals surface area contributed by atoms with Gasteiger partial charge in [0.15, 0.2) is 0 Å². The third-order valence-electron chi connectivity index (χ3n) is 3.34. The molecule has 2 N–H and O–H groups in total. The van der Waals surface area contributed by atoms with Crippen LogP contribution in [-0.2, 0) is 6.54 Å². The van der Waals surface area contributed by atoms with Crippen molar-refractivity contribution in [3.8, 4) is 0 Å². The number of aliphatic hydroxyl groups is 1. The van der Waals surface area contributed by atoms with E-state index in [0.29, 0.717) is 23.5 Å². The molecule has 1 aromatic heterocycles. The molecule has 2 aromatic rings. The molecule has 0 atom stereocenters. The molecule has 0 saturated carbocycles. The van der Waals surface area contributed by atoms with E-state index in [2.05, 4.69) is 13.8 Å². The zero-order valence-corrected chi connectivity index (χ0v) is 11.5. The van der Waals surface area contributed by atoms with Crippen LogP contribution in [0, 0.1) is 6.92 Å². The quantitative estimate of drug-likeness (QED) is 0.889. The number of carboxylic acid groups (broad SMARTS) is 1. The van der Waals surface area contributed by atoms with Crippen molar-refractivity contribution in [1.29, 1.82) is 0 Å². The average molecular weight is 261 g/mol. The van der Waals surface area contributed by atoms with Gasteiger partial charge >= 0.3 is 5.97 Å². The maximum absolute atomic E-state index is 11.4. The van der Waals surface area contributed by atoms with Gasteiger partial charge in [-0.3, -0.25) is 0 Å². The second-order valence-electron chi connectivity index (χ2n) is 5.17. The lowest BCUT2D eigenvalue weighted by Gasteiger charge is -2.07. The molecule has 19 heavy (non-hydrogen) atoms. The molecule has 0 unspecified atom stereocenters. The molecule has 0 spiro atoms. The number of aromatic carboxylic acids is 1. The van der Waals surface area contributed by atoms with Crippen molar-refractivity contribution in [2.24, 2.45) is 0 Å². The van der Waals surface area contributed by atoms with E-state index < -0.39 is 5.97 Å². The second-order valence-corrected chi connectivity index (χ2v) is 5.17. The highest BCUT2D eigenvalue weighted by atomic mass is 16.4. The van der Waals surface area contributed by atoms with E-state index in [9.17, 15) is 9.90 Å². The van der Waals surface area contributed by atoms with E-state index >= 15 is 0 Å². The van der Waals surface area contributed by atoms with E-state index in [1.165, 1.54) is 0 Å². The fraction of sp³-hybridized carbons (Fsp3) is 0.400. The first-order chi connectivity index (χ1) is 8.95. The first kappa shape index (κ1) is 13.6. The van der Waals surface area contributed by atoms with Crippen LogP contribution < -0.4 is 0 Å². The van der Waals surface area contributed by atoms with Gasteiger partial charge in [0.25, 0.3) is 0 Å². The van der Waals surface area contributed by atoms with Crippen molar-refractivity contribution in [1.82, 2.24) is 4.57 Å². The maximum Gasteiger partial charge on any atom is 0.337 e. The summed E-state index contributed by atoms with van der Waals surface area (Å²) < 4.78 is 1.84. The van der Waals surface area contributed by atoms with Gasteiger partial charge in [-0.2, -0.15) is 0 Å². The molecule has 0 aliphatic heterocycles. The Hall–Kier alpha value is -1.81. The minimum atomic E-state index is -0.929. The lowest BCUT2D eigenvalue weighted by atomic mass is 9.99. The number of rotatable bonds is 4. The number of nitrogens with zero attached hydrogens (tertiary/aromatic N) is 1. The van der Waals surface area contributed by atoms with Crippen LogP contribution in [0.3, 0.4) is 0 Å². The Bertz CT molecular complexity index is 626. The van der Waals surface area contributed by atoms with Crippen molar-refractivity contribution in [2.75, 3.05) is 6.61 Å². The van der Waals surface area contributed by atoms with Gasteiger partial charge in [0, 0.05) is 18.1 Å². The van der Waals surface area contributed by atoms with E-state index in [-0.39, 0.29) is 6.61 Å². The number of carboxylic acids is 1. The zero-order valence-electron chi connectivity index (χ0n) is 11.5. The molecular formula is C15H19NO3. The lowest BCUT2D eigenvalue weighted by Crippen LogP contribution is -2.05. The van der Waals surface area contributed by atoms with E-state index in [0.717, 1.165) is 16.5 Å². The summed E-state index contributed by atoms with van der Waals surface area (Å²) in [4.78, 5) is 11.4. The second kappa shape index (κ2) is 5.05. The molecule has 2 rings (SSSR count). The first-order valence-corrected chi connectivity index (χ1v) is 6.43. The molecule has 1 heterocycles. The predicted molar refractivity (Wildman–Crippen MR) is 74.8 cm³/mol. The lowest BCUT2D eigenvalue weighted by molar-refractivity contribution is 0.0698. The Morgan fingerprint density at radius 2 is 2.05 bits per heavy atom. The molecule has 0 saturated heterocycles. The number of hydrogen-bond acceptors (Lipinski definition) is 2. The number of fused-ring (bicyclic) bond motifs is 1. The fourth-order valence-electron chi connectivity index (χ4n) is 2.52. The van der Waals surface area contributed by atoms with Crippen LogP contribution in [0.5, 0.6) is 0 Å². The minimum absolute atomic E-state index is 0.00570. The summed E-state index contributed by atoms with van der Waals surface area (Å²) in [5.74, 6) is -0.618. The predicted octanol–water partition coefficient (Wildman–Crippen LogP) is 2.76. The Balaban J connectivity index is 2.85. The third-order valence-corrected chi connectivity index (χ3v) is 3.34. The van der Waals surface area contributed by atoms with Gasteiger partial charge in [-0.15, -0.1) is 0 Å². The Morgan fingerprint density at radius 1 is 1.37 bits per heavy atom. The summed E-state index contributed by atoms with van der Waals surface area (Å²) in [5.41, 5.74) is 3.06. The first-order valence-electron chi connectivity index (χ1n) is 6.43. The summed E-state index contributed by atoms with van der Waals surface area (Å²) in [6.07, 6.45) is 1.96. The standard InChI is InChI=1S/C15H19NO3/c1-9(2)13-8-16(4-5-17)14-11(13)6-10(3)7-12(14)15(18)19/h6-9,17H,4-5H2,1-3H3,(H,18,19). The van der Waals surface area contributed by atoms with Crippen molar-refractivity contribution in [2.45, 2.75) is 33.2 Å². The molecule has 0 amide bonds. The van der Waals surface area contributed by atoms with Crippen molar-refractivity contribution in [3.05, 3.63) is 35.0 Å². The minimum Gasteiger partial charge on any atom is -0.478 e. The van der Waals surface area contributed by atoms with Gasteiger partial charge in [-0.05, 0) is 36.1 Å². The van der Waals surface area contributed by atoms with Crippen LogP contribution in [-0.4, -0.2) is 27.4 Å². The van der Waals surface area contributed by atoms with Gasteiger partial charge < -0.3 is 14.8 Å². The summed E-state index contributed by atoms with van der Waals surface area (Å²) in [6.45, 7) is 6.47. The Labute approximate surface area is 112 Å². The van der Waals surface area contributed by atoms with Crippen LogP contribution in [0.2, 0.25) is 0 Å². The van der Waals surface area contributed by atoms with Gasteiger partial charge in [-0.1, -0.05) is 13.8 Å². The number of aliphatic hydroxyl groups excluding tert-OH is 1. The van der Waals surface area contributed by atoms with Crippen LogP contribution in [0.1, 0.15) is 41.3 Å². The molecule has 4 nitrogen and oxygen atoms in total. The monoisotopic (exact) mass is 261 g/mol. The third kappa shape index (κ3) is 2.36. The van der Waals surface area contributed by atoms with Crippen molar-refractivity contribution in [3.63, 3.8) is 0 Å². The Kier molecular flexibility index (Phi) is 3.62. The zero-order chi connectivity index (χ0) is 14.2. The summed E-state index contributed by atoms with van der Waals surface area (Å²) in [7, 11) is 0. The van der Waals surface area contributed by atoms with E-state index in [1.54, 1.807) is 6.07 Å². The number of benzene rings is 1. The van der Waals surface area contributed by atoms with Gasteiger partial charge in [0.2, 0.25) is 0 Å². The van der Waals surface area contributed by atoms with Crippen LogP contribution in [0.15, 0.2) is 18.3 Å². The number of carbonyl (C=O) groups is 1. The highest BCUT2D eigenvalue weighted by molar-refractivity contribution is 6.04. The van der Waals surface area contributed by atoms with Gasteiger partial charge in [-0.25, -0.2) is 4.79 Å². The highest BCUT2D eigenvalue weighted by Crippen LogP contribution is 2.31. The van der Waals surface area contributed by atoms with E-state index in [1.807, 2.05) is 23.8 Å². The molecule has 0 bridgehead atoms. The average Bonchev–Trinajstić information content (AvgIpc) is 2.67. The normalized spacial score (nSPS) is 11.4. The smallest absolute Gasteiger partial charge is 0.337 e. The van der Waals surface area contributed by atoms with Crippen LogP contribution >= 0.6 is 0 Å². The molecular weight excluding hydrogens is 242 g/mol. The van der Waals surface area contributed by atoms with Crippen molar-refractivity contribution < 1.29 is 15.0 Å². The van der Waals surface area contributed by atoms with E-state index in [4.69, 9.17) is 5.11 Å². The SMILES string of the molecule is Cc1cc(C(=O)O)c2c(c1)c(C(C)C)cn2CCO. The van der Waals surface area contributed by atoms with Gasteiger partial charge in [0.05, 0.1) is 17.7 Å². The molecule has 102 valence electrons.